The summed E-state index contributed by atoms with van der Waals surface area (Å²) in [6.45, 7) is 3.22. The Labute approximate surface area is 167 Å². The Balaban J connectivity index is 0.000000313. The van der Waals surface area contributed by atoms with E-state index in [0.29, 0.717) is 39.6 Å². The lowest BCUT2D eigenvalue weighted by atomic mass is 10.3. The van der Waals surface area contributed by atoms with Crippen LogP contribution in [0.3, 0.4) is 0 Å². The first-order valence-electron chi connectivity index (χ1n) is 8.75. The minimum absolute atomic E-state index is 0.0541. The summed E-state index contributed by atoms with van der Waals surface area (Å²) in [6, 6.07) is 3.21. The van der Waals surface area contributed by atoms with Gasteiger partial charge < -0.3 is 28.8 Å². The monoisotopic (exact) mass is 436 g/mol. The van der Waals surface area contributed by atoms with Gasteiger partial charge in [-0.3, -0.25) is 10.1 Å². The molecule has 12 nitrogen and oxygen atoms in total. The summed E-state index contributed by atoms with van der Waals surface area (Å²) in [7, 11) is -4.02. The molecule has 13 heteroatoms. The van der Waals surface area contributed by atoms with Crippen molar-refractivity contribution in [2.24, 2.45) is 5.14 Å². The molecule has 1 aromatic carbocycles. The minimum atomic E-state index is -4.02. The van der Waals surface area contributed by atoms with Crippen LogP contribution >= 0.6 is 0 Å². The molecule has 2 aliphatic rings. The van der Waals surface area contributed by atoms with Crippen molar-refractivity contribution < 1.29 is 42.1 Å². The summed E-state index contributed by atoms with van der Waals surface area (Å²) in [5.41, 5.74) is -0.474. The van der Waals surface area contributed by atoms with Gasteiger partial charge in [-0.15, -0.1) is 0 Å². The zero-order valence-corrected chi connectivity index (χ0v) is 16.4. The second-order valence-electron chi connectivity index (χ2n) is 6.06. The highest BCUT2D eigenvalue weighted by atomic mass is 32.2. The molecule has 0 aromatic heterocycles. The maximum atomic E-state index is 11.2. The Morgan fingerprint density at radius 3 is 2.21 bits per heavy atom. The van der Waals surface area contributed by atoms with Gasteiger partial charge in [-0.25, -0.2) is 13.6 Å². The molecule has 3 rings (SSSR count). The molecule has 2 aliphatic heterocycles. The third kappa shape index (κ3) is 7.81. The van der Waals surface area contributed by atoms with Crippen molar-refractivity contribution in [1.82, 2.24) is 0 Å². The molecule has 3 N–H and O–H groups in total. The van der Waals surface area contributed by atoms with Gasteiger partial charge in [-0.2, -0.15) is 0 Å². The van der Waals surface area contributed by atoms with Crippen LogP contribution in [0.15, 0.2) is 23.1 Å². The van der Waals surface area contributed by atoms with E-state index < -0.39 is 20.6 Å². The Bertz CT molecular complexity index is 761. The van der Waals surface area contributed by atoms with E-state index in [1.54, 1.807) is 0 Å². The first-order chi connectivity index (χ1) is 13.8. The fourth-order valence-electron chi connectivity index (χ4n) is 2.40. The predicted octanol–water partition coefficient (Wildman–Crippen LogP) is -0.569. The third-order valence-corrected chi connectivity index (χ3v) is 4.76. The van der Waals surface area contributed by atoms with Crippen LogP contribution in [0.5, 0.6) is 5.75 Å². The molecule has 2 atom stereocenters. The Morgan fingerprint density at radius 1 is 1.14 bits per heavy atom. The van der Waals surface area contributed by atoms with Gasteiger partial charge in [-0.1, -0.05) is 0 Å². The zero-order valence-electron chi connectivity index (χ0n) is 15.6. The smallest absolute Gasteiger partial charge is 0.312 e. The van der Waals surface area contributed by atoms with Crippen molar-refractivity contribution in [2.45, 2.75) is 17.1 Å². The molecule has 164 valence electrons. The van der Waals surface area contributed by atoms with Crippen molar-refractivity contribution in [2.75, 3.05) is 52.9 Å². The van der Waals surface area contributed by atoms with E-state index in [-0.39, 0.29) is 36.1 Å². The highest BCUT2D eigenvalue weighted by molar-refractivity contribution is 7.89. The number of hydrogen-bond acceptors (Lipinski definition) is 10. The maximum Gasteiger partial charge on any atom is 0.312 e. The van der Waals surface area contributed by atoms with Crippen LogP contribution in [0.25, 0.3) is 0 Å². The summed E-state index contributed by atoms with van der Waals surface area (Å²) in [6.07, 6.45) is -0.403. The lowest BCUT2D eigenvalue weighted by molar-refractivity contribution is -0.386. The number of aliphatic hydroxyl groups excluding tert-OH is 1. The standard InChI is InChI=1S/C11H14N2O7S.C5H10O3/c12-21(16,17)9-1-2-11(10(5-9)13(14)15)20-7-8-6-18-3-4-19-8;6-3-5-4-7-1-2-8-5/h1-2,5,8H,3-4,6-7H2,(H2,12,16,17);5-6H,1-4H2. The number of primary sulfonamides is 1. The normalized spacial score (nSPS) is 22.3. The number of benzene rings is 1. The van der Waals surface area contributed by atoms with Gasteiger partial charge in [0, 0.05) is 6.07 Å². The summed E-state index contributed by atoms with van der Waals surface area (Å²) in [4.78, 5) is 9.90. The number of nitrogens with two attached hydrogens (primary N) is 1. The first kappa shape index (κ1) is 23.4. The molecule has 0 bridgehead atoms. The molecule has 0 radical (unpaired) electrons. The SMILES string of the molecule is NS(=O)(=O)c1ccc(OCC2COCCO2)c([N+](=O)[O-])c1.OCC1COCCO1. The molecular formula is C16H24N2O10S. The highest BCUT2D eigenvalue weighted by Crippen LogP contribution is 2.29. The molecule has 2 unspecified atom stereocenters. The van der Waals surface area contributed by atoms with Crippen LogP contribution in [0.4, 0.5) is 5.69 Å². The molecule has 0 saturated carbocycles. The summed E-state index contributed by atoms with van der Waals surface area (Å²) < 4.78 is 48.3. The van der Waals surface area contributed by atoms with Gasteiger partial charge in [0.2, 0.25) is 10.0 Å². The minimum Gasteiger partial charge on any atom is -0.484 e. The topological polar surface area (TPSA) is 170 Å². The van der Waals surface area contributed by atoms with E-state index in [2.05, 4.69) is 0 Å². The molecule has 2 fully saturated rings. The molecule has 2 saturated heterocycles. The van der Waals surface area contributed by atoms with Crippen LogP contribution in [-0.2, 0) is 29.0 Å². The average Bonchev–Trinajstić information content (AvgIpc) is 2.73. The number of nitro groups is 1. The summed E-state index contributed by atoms with van der Waals surface area (Å²) >= 11 is 0. The van der Waals surface area contributed by atoms with Crippen LogP contribution in [0, 0.1) is 10.1 Å². The van der Waals surface area contributed by atoms with E-state index in [9.17, 15) is 18.5 Å². The van der Waals surface area contributed by atoms with E-state index in [0.717, 1.165) is 12.1 Å². The van der Waals surface area contributed by atoms with Crippen molar-refractivity contribution in [3.05, 3.63) is 28.3 Å². The van der Waals surface area contributed by atoms with Crippen LogP contribution in [0.1, 0.15) is 0 Å². The fraction of sp³-hybridized carbons (Fsp3) is 0.625. The van der Waals surface area contributed by atoms with Gasteiger partial charge in [0.1, 0.15) is 18.8 Å². The summed E-state index contributed by atoms with van der Waals surface area (Å²) in [5, 5.41) is 24.4. The van der Waals surface area contributed by atoms with Crippen molar-refractivity contribution in [3.8, 4) is 5.75 Å². The average molecular weight is 436 g/mol. The molecule has 0 spiro atoms. The van der Waals surface area contributed by atoms with E-state index in [4.69, 9.17) is 33.9 Å². The Morgan fingerprint density at radius 2 is 1.76 bits per heavy atom. The number of aliphatic hydroxyl groups is 1. The van der Waals surface area contributed by atoms with Gasteiger partial charge in [0.25, 0.3) is 0 Å². The van der Waals surface area contributed by atoms with Crippen LogP contribution in [-0.4, -0.2) is 83.5 Å². The van der Waals surface area contributed by atoms with E-state index in [1.165, 1.54) is 6.07 Å². The molecule has 0 aliphatic carbocycles. The third-order valence-electron chi connectivity index (χ3n) is 3.85. The number of nitro benzene ring substituents is 1. The predicted molar refractivity (Wildman–Crippen MR) is 98.2 cm³/mol. The first-order valence-corrected chi connectivity index (χ1v) is 10.3. The second-order valence-corrected chi connectivity index (χ2v) is 7.62. The van der Waals surface area contributed by atoms with E-state index >= 15 is 0 Å². The maximum absolute atomic E-state index is 11.2. The lowest BCUT2D eigenvalue weighted by Crippen LogP contribution is -2.33. The molecule has 29 heavy (non-hydrogen) atoms. The molecular weight excluding hydrogens is 412 g/mol. The van der Waals surface area contributed by atoms with Gasteiger partial charge in [0.05, 0.1) is 56.1 Å². The summed E-state index contributed by atoms with van der Waals surface area (Å²) in [5.74, 6) is -0.0541. The molecule has 2 heterocycles. The number of hydrogen-bond donors (Lipinski definition) is 2. The number of rotatable bonds is 6. The van der Waals surface area contributed by atoms with E-state index in [1.807, 2.05) is 0 Å². The lowest BCUT2D eigenvalue weighted by Gasteiger charge is -2.22. The van der Waals surface area contributed by atoms with Crippen molar-refractivity contribution >= 4 is 15.7 Å². The fourth-order valence-corrected chi connectivity index (χ4v) is 2.93. The molecule has 1 aromatic rings. The largest absolute Gasteiger partial charge is 0.484 e. The van der Waals surface area contributed by atoms with Gasteiger partial charge >= 0.3 is 5.69 Å². The number of sulfonamides is 1. The van der Waals surface area contributed by atoms with Gasteiger partial charge in [0.15, 0.2) is 5.75 Å². The van der Waals surface area contributed by atoms with Crippen LogP contribution < -0.4 is 9.88 Å². The number of nitrogens with zero attached hydrogens (tertiary/aromatic N) is 1. The Hall–Kier alpha value is -1.87. The van der Waals surface area contributed by atoms with Crippen molar-refractivity contribution in [1.29, 1.82) is 0 Å². The van der Waals surface area contributed by atoms with Gasteiger partial charge in [-0.05, 0) is 12.1 Å². The highest BCUT2D eigenvalue weighted by Gasteiger charge is 2.22. The molecule has 0 amide bonds. The zero-order chi connectivity index (χ0) is 21.3. The second kappa shape index (κ2) is 11.3. The Kier molecular flexibility index (Phi) is 9.16. The van der Waals surface area contributed by atoms with Crippen LogP contribution in [0.2, 0.25) is 0 Å². The number of ether oxygens (including phenoxy) is 5. The quantitative estimate of drug-likeness (QED) is 0.435. The van der Waals surface area contributed by atoms with Crippen molar-refractivity contribution in [3.63, 3.8) is 0 Å².